The predicted molar refractivity (Wildman–Crippen MR) is 46.4 cm³/mol. The van der Waals surface area contributed by atoms with Gasteiger partial charge in [0.1, 0.15) is 5.03 Å². The van der Waals surface area contributed by atoms with E-state index < -0.39 is 5.91 Å². The Kier molecular flexibility index (Phi) is 2.87. The van der Waals surface area contributed by atoms with Crippen LogP contribution in [0.5, 0.6) is 0 Å². The molecule has 1 rings (SSSR count). The largest absolute Gasteiger partial charge is 0.381 e. The van der Waals surface area contributed by atoms with Crippen LogP contribution in [0, 0.1) is 0 Å². The first-order valence-electron chi connectivity index (χ1n) is 3.17. The second-order valence-corrected chi connectivity index (χ2v) is 2.97. The van der Waals surface area contributed by atoms with Crippen molar-refractivity contribution in [2.75, 3.05) is 11.5 Å². The Hall–Kier alpha value is -1.30. The lowest BCUT2D eigenvalue weighted by Crippen LogP contribution is -2.13. The van der Waals surface area contributed by atoms with Gasteiger partial charge in [-0.2, -0.15) is 0 Å². The van der Waals surface area contributed by atoms with E-state index in [-0.39, 0.29) is 5.75 Å². The lowest BCUT2D eigenvalue weighted by molar-refractivity contribution is -0.115. The Morgan fingerprint density at radius 3 is 2.75 bits per heavy atom. The van der Waals surface area contributed by atoms with Crippen molar-refractivity contribution in [3.63, 3.8) is 0 Å². The van der Waals surface area contributed by atoms with E-state index >= 15 is 0 Å². The minimum atomic E-state index is -0.398. The van der Waals surface area contributed by atoms with Crippen LogP contribution in [0.4, 0.5) is 5.82 Å². The average Bonchev–Trinajstić information content (AvgIpc) is 2.03. The van der Waals surface area contributed by atoms with Crippen molar-refractivity contribution < 1.29 is 4.79 Å². The van der Waals surface area contributed by atoms with Crippen molar-refractivity contribution in [3.8, 4) is 0 Å². The minimum absolute atomic E-state index is 0.170. The first-order chi connectivity index (χ1) is 5.70. The Morgan fingerprint density at radius 1 is 1.50 bits per heavy atom. The van der Waals surface area contributed by atoms with E-state index in [1.165, 1.54) is 24.2 Å². The number of nitrogens with two attached hydrogens (primary N) is 2. The lowest BCUT2D eigenvalue weighted by Gasteiger charge is -1.99. The number of rotatable bonds is 3. The zero-order chi connectivity index (χ0) is 8.97. The molecule has 0 aliphatic carbocycles. The molecule has 0 atom stereocenters. The van der Waals surface area contributed by atoms with Crippen molar-refractivity contribution in [3.05, 3.63) is 12.4 Å². The summed E-state index contributed by atoms with van der Waals surface area (Å²) in [6.07, 6.45) is 3.00. The molecule has 5 nitrogen and oxygen atoms in total. The van der Waals surface area contributed by atoms with E-state index in [4.69, 9.17) is 11.5 Å². The van der Waals surface area contributed by atoms with Gasteiger partial charge in [0.2, 0.25) is 5.91 Å². The monoisotopic (exact) mass is 184 g/mol. The van der Waals surface area contributed by atoms with Crippen molar-refractivity contribution >= 4 is 23.5 Å². The van der Waals surface area contributed by atoms with E-state index in [0.717, 1.165) is 0 Å². The van der Waals surface area contributed by atoms with E-state index in [9.17, 15) is 4.79 Å². The minimum Gasteiger partial charge on any atom is -0.381 e. The highest BCUT2D eigenvalue weighted by atomic mass is 32.2. The number of carbonyl (C=O) groups is 1. The zero-order valence-electron chi connectivity index (χ0n) is 6.23. The number of nitrogens with zero attached hydrogens (tertiary/aromatic N) is 2. The highest BCUT2D eigenvalue weighted by molar-refractivity contribution is 8.00. The highest BCUT2D eigenvalue weighted by Gasteiger charge is 2.02. The fourth-order valence-electron chi connectivity index (χ4n) is 0.587. The standard InChI is InChI=1S/C6H8N4OS/c7-4(11)3-12-6-5(8)9-1-2-10-6/h1-2H,3H2,(H2,7,11)(H2,8,9). The third-order valence-corrected chi connectivity index (χ3v) is 2.06. The Bertz CT molecular complexity index is 291. The summed E-state index contributed by atoms with van der Waals surface area (Å²) >= 11 is 1.18. The fourth-order valence-corrected chi connectivity index (χ4v) is 1.20. The van der Waals surface area contributed by atoms with Crippen LogP contribution in [-0.2, 0) is 4.79 Å². The van der Waals surface area contributed by atoms with Crippen LogP contribution in [0.15, 0.2) is 17.4 Å². The smallest absolute Gasteiger partial charge is 0.227 e. The quantitative estimate of drug-likeness (QED) is 0.625. The van der Waals surface area contributed by atoms with E-state index in [0.29, 0.717) is 10.8 Å². The Balaban J connectivity index is 2.63. The van der Waals surface area contributed by atoms with Crippen LogP contribution in [0.1, 0.15) is 0 Å². The molecule has 0 aliphatic heterocycles. The first kappa shape index (κ1) is 8.79. The van der Waals surface area contributed by atoms with Crippen LogP contribution in [0.2, 0.25) is 0 Å². The molecule has 0 bridgehead atoms. The Morgan fingerprint density at radius 2 is 2.17 bits per heavy atom. The van der Waals surface area contributed by atoms with Gasteiger partial charge in [0.05, 0.1) is 5.75 Å². The summed E-state index contributed by atoms with van der Waals surface area (Å²) in [5, 5.41) is 0.538. The molecule has 12 heavy (non-hydrogen) atoms. The molecule has 1 amide bonds. The third-order valence-electron chi connectivity index (χ3n) is 1.04. The molecule has 64 valence electrons. The summed E-state index contributed by atoms with van der Waals surface area (Å²) in [5.74, 6) is 0.0944. The number of primary amides is 1. The topological polar surface area (TPSA) is 94.9 Å². The van der Waals surface area contributed by atoms with Crippen LogP contribution in [0.25, 0.3) is 0 Å². The number of anilines is 1. The highest BCUT2D eigenvalue weighted by Crippen LogP contribution is 2.18. The van der Waals surface area contributed by atoms with Gasteiger partial charge in [-0.25, -0.2) is 9.97 Å². The molecule has 0 aromatic carbocycles. The summed E-state index contributed by atoms with van der Waals surface area (Å²) in [7, 11) is 0. The summed E-state index contributed by atoms with van der Waals surface area (Å²) in [6, 6.07) is 0. The van der Waals surface area contributed by atoms with Crippen LogP contribution < -0.4 is 11.5 Å². The maximum absolute atomic E-state index is 10.4. The van der Waals surface area contributed by atoms with Crippen LogP contribution >= 0.6 is 11.8 Å². The lowest BCUT2D eigenvalue weighted by atomic mass is 10.7. The summed E-state index contributed by atoms with van der Waals surface area (Å²) < 4.78 is 0. The third kappa shape index (κ3) is 2.39. The zero-order valence-corrected chi connectivity index (χ0v) is 7.04. The number of thioether (sulfide) groups is 1. The molecular formula is C6H8N4OS. The molecular weight excluding hydrogens is 176 g/mol. The molecule has 1 heterocycles. The normalized spacial score (nSPS) is 9.67. The SMILES string of the molecule is NC(=O)CSc1nccnc1N. The van der Waals surface area contributed by atoms with Gasteiger partial charge in [0.25, 0.3) is 0 Å². The van der Waals surface area contributed by atoms with Gasteiger partial charge < -0.3 is 11.5 Å². The molecule has 0 saturated carbocycles. The molecule has 1 aromatic heterocycles. The van der Waals surface area contributed by atoms with Crippen LogP contribution in [0.3, 0.4) is 0 Å². The number of hydrogen-bond donors (Lipinski definition) is 2. The number of hydrogen-bond acceptors (Lipinski definition) is 5. The molecule has 1 aromatic rings. The first-order valence-corrected chi connectivity index (χ1v) is 4.16. The fraction of sp³-hybridized carbons (Fsp3) is 0.167. The van der Waals surface area contributed by atoms with E-state index in [1.807, 2.05) is 0 Å². The summed E-state index contributed by atoms with van der Waals surface area (Å²) in [5.41, 5.74) is 10.4. The molecule has 6 heteroatoms. The summed E-state index contributed by atoms with van der Waals surface area (Å²) in [6.45, 7) is 0. The molecule has 4 N–H and O–H groups in total. The van der Waals surface area contributed by atoms with Gasteiger partial charge in [-0.1, -0.05) is 11.8 Å². The number of carbonyl (C=O) groups excluding carboxylic acids is 1. The molecule has 0 fully saturated rings. The average molecular weight is 184 g/mol. The van der Waals surface area contributed by atoms with E-state index in [1.54, 1.807) is 0 Å². The van der Waals surface area contributed by atoms with Gasteiger partial charge in [0.15, 0.2) is 5.82 Å². The Labute approximate surface area is 73.6 Å². The maximum atomic E-state index is 10.4. The van der Waals surface area contributed by atoms with Crippen molar-refractivity contribution in [1.29, 1.82) is 0 Å². The number of aromatic nitrogens is 2. The molecule has 0 unspecified atom stereocenters. The van der Waals surface area contributed by atoms with Crippen molar-refractivity contribution in [2.45, 2.75) is 5.03 Å². The molecule has 0 spiro atoms. The van der Waals surface area contributed by atoms with Gasteiger partial charge in [-0.15, -0.1) is 0 Å². The molecule has 0 saturated heterocycles. The van der Waals surface area contributed by atoms with Crippen LogP contribution in [-0.4, -0.2) is 21.6 Å². The molecule has 0 aliphatic rings. The summed E-state index contributed by atoms with van der Waals surface area (Å²) in [4.78, 5) is 18.1. The van der Waals surface area contributed by atoms with Crippen molar-refractivity contribution in [1.82, 2.24) is 9.97 Å². The van der Waals surface area contributed by atoms with Gasteiger partial charge in [-0.3, -0.25) is 4.79 Å². The number of nitrogen functional groups attached to an aromatic ring is 1. The molecule has 0 radical (unpaired) electrons. The van der Waals surface area contributed by atoms with Gasteiger partial charge >= 0.3 is 0 Å². The van der Waals surface area contributed by atoms with Crippen molar-refractivity contribution in [2.24, 2.45) is 5.73 Å². The second-order valence-electron chi connectivity index (χ2n) is 2.00. The van der Waals surface area contributed by atoms with Gasteiger partial charge in [-0.05, 0) is 0 Å². The second kappa shape index (κ2) is 3.91. The van der Waals surface area contributed by atoms with Gasteiger partial charge in [0, 0.05) is 12.4 Å². The maximum Gasteiger partial charge on any atom is 0.227 e. The van der Waals surface area contributed by atoms with E-state index in [2.05, 4.69) is 9.97 Å². The predicted octanol–water partition coefficient (Wildman–Crippen LogP) is -0.364. The number of amides is 1.